The molecule has 0 bridgehead atoms. The van der Waals surface area contributed by atoms with E-state index in [1.807, 2.05) is 6.07 Å². The van der Waals surface area contributed by atoms with Crippen molar-refractivity contribution in [2.45, 2.75) is 51.5 Å². The molecule has 2 rings (SSSR count). The minimum atomic E-state index is -0.296. The van der Waals surface area contributed by atoms with E-state index in [0.717, 1.165) is 18.4 Å². The molecule has 20 heavy (non-hydrogen) atoms. The SMILES string of the molecule is COc1ccc(C(C)(C)C2CCC(C)CC2N)cc1F. The molecule has 2 N–H and O–H groups in total. The fraction of sp³-hybridized carbons (Fsp3) is 0.647. The maximum absolute atomic E-state index is 14.0. The number of hydrogen-bond donors (Lipinski definition) is 1. The summed E-state index contributed by atoms with van der Waals surface area (Å²) >= 11 is 0. The van der Waals surface area contributed by atoms with Crippen LogP contribution in [0.2, 0.25) is 0 Å². The lowest BCUT2D eigenvalue weighted by Gasteiger charge is -2.43. The van der Waals surface area contributed by atoms with E-state index in [1.165, 1.54) is 13.5 Å². The van der Waals surface area contributed by atoms with Crippen molar-refractivity contribution >= 4 is 0 Å². The number of nitrogens with two attached hydrogens (primary N) is 1. The van der Waals surface area contributed by atoms with E-state index in [0.29, 0.717) is 17.6 Å². The van der Waals surface area contributed by atoms with Crippen molar-refractivity contribution in [2.24, 2.45) is 17.6 Å². The van der Waals surface area contributed by atoms with Crippen molar-refractivity contribution in [1.29, 1.82) is 0 Å². The lowest BCUT2D eigenvalue weighted by molar-refractivity contribution is 0.170. The number of methoxy groups -OCH3 is 1. The van der Waals surface area contributed by atoms with Crippen LogP contribution in [-0.4, -0.2) is 13.2 Å². The fourth-order valence-electron chi connectivity index (χ4n) is 3.60. The molecule has 2 nitrogen and oxygen atoms in total. The molecule has 0 radical (unpaired) electrons. The first-order valence-electron chi connectivity index (χ1n) is 7.46. The summed E-state index contributed by atoms with van der Waals surface area (Å²) in [5.74, 6) is 1.10. The molecule has 3 atom stereocenters. The van der Waals surface area contributed by atoms with E-state index in [2.05, 4.69) is 20.8 Å². The largest absolute Gasteiger partial charge is 0.494 e. The Bertz CT molecular complexity index is 472. The number of rotatable bonds is 3. The third-order valence-corrected chi connectivity index (χ3v) is 4.98. The van der Waals surface area contributed by atoms with Crippen LogP contribution in [0, 0.1) is 17.7 Å². The van der Waals surface area contributed by atoms with Gasteiger partial charge < -0.3 is 10.5 Å². The van der Waals surface area contributed by atoms with Gasteiger partial charge in [-0.25, -0.2) is 4.39 Å². The standard InChI is InChI=1S/C17H26FNO/c1-11-5-7-13(15(19)9-11)17(2,3)12-6-8-16(20-4)14(18)10-12/h6,8,10-11,13,15H,5,7,9,19H2,1-4H3. The zero-order valence-electron chi connectivity index (χ0n) is 12.9. The molecule has 0 amide bonds. The quantitative estimate of drug-likeness (QED) is 0.911. The molecule has 3 heteroatoms. The van der Waals surface area contributed by atoms with Crippen LogP contribution in [0.3, 0.4) is 0 Å². The first-order chi connectivity index (χ1) is 9.36. The van der Waals surface area contributed by atoms with Gasteiger partial charge in [0.15, 0.2) is 11.6 Å². The topological polar surface area (TPSA) is 35.2 Å². The zero-order chi connectivity index (χ0) is 14.9. The molecule has 0 spiro atoms. The number of hydrogen-bond acceptors (Lipinski definition) is 2. The van der Waals surface area contributed by atoms with E-state index in [1.54, 1.807) is 12.1 Å². The predicted molar refractivity (Wildman–Crippen MR) is 80.5 cm³/mol. The molecule has 0 aromatic heterocycles. The molecule has 1 aliphatic rings. The van der Waals surface area contributed by atoms with Gasteiger partial charge in [-0.2, -0.15) is 0 Å². The highest BCUT2D eigenvalue weighted by Crippen LogP contribution is 2.42. The van der Waals surface area contributed by atoms with E-state index in [9.17, 15) is 4.39 Å². The van der Waals surface area contributed by atoms with E-state index in [-0.39, 0.29) is 17.3 Å². The second-order valence-electron chi connectivity index (χ2n) is 6.76. The molecule has 3 unspecified atom stereocenters. The molecule has 112 valence electrons. The van der Waals surface area contributed by atoms with Gasteiger partial charge in [0.25, 0.3) is 0 Å². The average Bonchev–Trinajstić information content (AvgIpc) is 2.38. The highest BCUT2D eigenvalue weighted by Gasteiger charge is 2.38. The van der Waals surface area contributed by atoms with Gasteiger partial charge in [0.05, 0.1) is 7.11 Å². The van der Waals surface area contributed by atoms with Crippen LogP contribution in [0.25, 0.3) is 0 Å². The maximum atomic E-state index is 14.0. The summed E-state index contributed by atoms with van der Waals surface area (Å²) in [7, 11) is 1.49. The van der Waals surface area contributed by atoms with Crippen LogP contribution >= 0.6 is 0 Å². The lowest BCUT2D eigenvalue weighted by atomic mass is 9.64. The lowest BCUT2D eigenvalue weighted by Crippen LogP contribution is -2.45. The first-order valence-corrected chi connectivity index (χ1v) is 7.46. The molecule has 0 aliphatic heterocycles. The van der Waals surface area contributed by atoms with Crippen molar-refractivity contribution in [3.8, 4) is 5.75 Å². The van der Waals surface area contributed by atoms with Gasteiger partial charge >= 0.3 is 0 Å². The van der Waals surface area contributed by atoms with Gasteiger partial charge in [0.1, 0.15) is 0 Å². The minimum absolute atomic E-state index is 0.118. The van der Waals surface area contributed by atoms with Crippen LogP contribution in [0.4, 0.5) is 4.39 Å². The molecule has 1 aliphatic carbocycles. The van der Waals surface area contributed by atoms with Crippen LogP contribution in [-0.2, 0) is 5.41 Å². The Hall–Kier alpha value is -1.09. The summed E-state index contributed by atoms with van der Waals surface area (Å²) in [6.07, 6.45) is 3.39. The molecule has 1 fully saturated rings. The van der Waals surface area contributed by atoms with Crippen LogP contribution in [0.15, 0.2) is 18.2 Å². The molecule has 1 aromatic rings. The van der Waals surface area contributed by atoms with E-state index in [4.69, 9.17) is 10.5 Å². The van der Waals surface area contributed by atoms with Crippen LogP contribution < -0.4 is 10.5 Å². The Morgan fingerprint density at radius 3 is 2.55 bits per heavy atom. The average molecular weight is 279 g/mol. The Labute approximate surface area is 121 Å². The van der Waals surface area contributed by atoms with Gasteiger partial charge in [-0.3, -0.25) is 0 Å². The summed E-state index contributed by atoms with van der Waals surface area (Å²) in [5.41, 5.74) is 7.26. The Morgan fingerprint density at radius 1 is 1.30 bits per heavy atom. The third-order valence-electron chi connectivity index (χ3n) is 4.98. The van der Waals surface area contributed by atoms with Gasteiger partial charge in [-0.1, -0.05) is 33.3 Å². The molecular weight excluding hydrogens is 253 g/mol. The summed E-state index contributed by atoms with van der Waals surface area (Å²) in [6.45, 7) is 6.61. The summed E-state index contributed by atoms with van der Waals surface area (Å²) in [6, 6.07) is 5.47. The predicted octanol–water partition coefficient (Wildman–Crippen LogP) is 3.88. The number of benzene rings is 1. The van der Waals surface area contributed by atoms with Gasteiger partial charge in [-0.15, -0.1) is 0 Å². The Kier molecular flexibility index (Phi) is 4.38. The van der Waals surface area contributed by atoms with Gasteiger partial charge in [-0.05, 0) is 47.8 Å². The first kappa shape index (κ1) is 15.3. The van der Waals surface area contributed by atoms with Crippen molar-refractivity contribution in [1.82, 2.24) is 0 Å². The summed E-state index contributed by atoms with van der Waals surface area (Å²) in [5, 5.41) is 0. The minimum Gasteiger partial charge on any atom is -0.494 e. The second kappa shape index (κ2) is 5.72. The van der Waals surface area contributed by atoms with Crippen molar-refractivity contribution in [3.63, 3.8) is 0 Å². The summed E-state index contributed by atoms with van der Waals surface area (Å²) < 4.78 is 18.9. The number of ether oxygens (including phenoxy) is 1. The molecule has 1 aromatic carbocycles. The fourth-order valence-corrected chi connectivity index (χ4v) is 3.60. The monoisotopic (exact) mass is 279 g/mol. The van der Waals surface area contributed by atoms with Gasteiger partial charge in [0, 0.05) is 6.04 Å². The van der Waals surface area contributed by atoms with Gasteiger partial charge in [0.2, 0.25) is 0 Å². The smallest absolute Gasteiger partial charge is 0.165 e. The zero-order valence-corrected chi connectivity index (χ0v) is 12.9. The van der Waals surface area contributed by atoms with E-state index < -0.39 is 0 Å². The Balaban J connectivity index is 2.27. The number of halogens is 1. The van der Waals surface area contributed by atoms with E-state index >= 15 is 0 Å². The van der Waals surface area contributed by atoms with Crippen molar-refractivity contribution in [3.05, 3.63) is 29.6 Å². The summed E-state index contributed by atoms with van der Waals surface area (Å²) in [4.78, 5) is 0. The Morgan fingerprint density at radius 2 is 2.00 bits per heavy atom. The van der Waals surface area contributed by atoms with Crippen LogP contribution in [0.5, 0.6) is 5.75 Å². The third kappa shape index (κ3) is 2.83. The van der Waals surface area contributed by atoms with Crippen LogP contribution in [0.1, 0.15) is 45.6 Å². The highest BCUT2D eigenvalue weighted by molar-refractivity contribution is 5.34. The second-order valence-corrected chi connectivity index (χ2v) is 6.76. The molecular formula is C17H26FNO. The normalized spacial score (nSPS) is 27.4. The highest BCUT2D eigenvalue weighted by atomic mass is 19.1. The molecule has 0 heterocycles. The molecule has 1 saturated carbocycles. The van der Waals surface area contributed by atoms with Crippen molar-refractivity contribution < 1.29 is 9.13 Å². The maximum Gasteiger partial charge on any atom is 0.165 e. The van der Waals surface area contributed by atoms with Crippen molar-refractivity contribution in [2.75, 3.05) is 7.11 Å². The molecule has 0 saturated heterocycles.